The Morgan fingerprint density at radius 1 is 1.44 bits per heavy atom. The summed E-state index contributed by atoms with van der Waals surface area (Å²) >= 11 is 1.54. The van der Waals surface area contributed by atoms with Crippen LogP contribution < -0.4 is 15.0 Å². The fourth-order valence-corrected chi connectivity index (χ4v) is 3.48. The highest BCUT2D eigenvalue weighted by atomic mass is 32.1. The molecular weight excluding hydrogens is 338 g/mol. The summed E-state index contributed by atoms with van der Waals surface area (Å²) in [4.78, 5) is 22.8. The molecule has 7 nitrogen and oxygen atoms in total. The molecule has 0 atom stereocenters. The number of para-hydroxylation sites is 1. The number of thiazole rings is 1. The van der Waals surface area contributed by atoms with Gasteiger partial charge in [-0.3, -0.25) is 4.79 Å². The van der Waals surface area contributed by atoms with Crippen LogP contribution in [0, 0.1) is 6.92 Å². The first-order valence-corrected chi connectivity index (χ1v) is 8.79. The molecule has 0 radical (unpaired) electrons. The maximum Gasteiger partial charge on any atom is 0.239 e. The summed E-state index contributed by atoms with van der Waals surface area (Å²) in [5, 5.41) is 3.72. The molecule has 0 unspecified atom stereocenters. The summed E-state index contributed by atoms with van der Waals surface area (Å²) in [7, 11) is 3.50. The number of amides is 1. The summed E-state index contributed by atoms with van der Waals surface area (Å²) in [5.74, 6) is 1.65. The average Bonchev–Trinajstić information content (AvgIpc) is 3.21. The second-order valence-electron chi connectivity index (χ2n) is 5.68. The maximum absolute atomic E-state index is 12.2. The monoisotopic (exact) mass is 359 g/mol. The van der Waals surface area contributed by atoms with Crippen LogP contribution in [0.5, 0.6) is 5.75 Å². The SMILES string of the molecule is COc1cccc2sc(N(C)CC(=O)NCCn3ccnc3C)nc12. The lowest BCUT2D eigenvalue weighted by Gasteiger charge is -2.15. The molecule has 0 bridgehead atoms. The van der Waals surface area contributed by atoms with Crippen LogP contribution in [-0.4, -0.2) is 47.7 Å². The van der Waals surface area contributed by atoms with Gasteiger partial charge in [0.25, 0.3) is 0 Å². The summed E-state index contributed by atoms with van der Waals surface area (Å²) in [6, 6.07) is 5.82. The predicted molar refractivity (Wildman–Crippen MR) is 99.4 cm³/mol. The molecule has 2 heterocycles. The standard InChI is InChI=1S/C17H21N5O2S/c1-12-18-7-9-22(12)10-8-19-15(23)11-21(2)17-20-16-13(24-3)5-4-6-14(16)25-17/h4-7,9H,8,10-11H2,1-3H3,(H,19,23). The minimum Gasteiger partial charge on any atom is -0.494 e. The van der Waals surface area contributed by atoms with Gasteiger partial charge in [-0.25, -0.2) is 9.97 Å². The molecule has 0 aliphatic carbocycles. The van der Waals surface area contributed by atoms with Crippen molar-refractivity contribution >= 4 is 32.6 Å². The third-order valence-electron chi connectivity index (χ3n) is 3.90. The van der Waals surface area contributed by atoms with Crippen molar-refractivity contribution in [2.24, 2.45) is 0 Å². The summed E-state index contributed by atoms with van der Waals surface area (Å²) in [5.41, 5.74) is 0.827. The Balaban J connectivity index is 1.57. The van der Waals surface area contributed by atoms with Crippen molar-refractivity contribution in [3.63, 3.8) is 0 Å². The van der Waals surface area contributed by atoms with Gasteiger partial charge in [0, 0.05) is 32.5 Å². The number of carbonyl (C=O) groups excluding carboxylic acids is 1. The predicted octanol–water partition coefficient (Wildman–Crippen LogP) is 2.06. The Morgan fingerprint density at radius 3 is 3.00 bits per heavy atom. The first kappa shape index (κ1) is 17.2. The number of hydrogen-bond donors (Lipinski definition) is 1. The average molecular weight is 359 g/mol. The Labute approximate surface area is 150 Å². The van der Waals surface area contributed by atoms with Gasteiger partial charge in [-0.05, 0) is 19.1 Å². The molecule has 0 aliphatic rings. The molecule has 1 amide bonds. The Bertz CT molecular complexity index is 873. The minimum absolute atomic E-state index is 0.0357. The lowest BCUT2D eigenvalue weighted by Crippen LogP contribution is -2.36. The summed E-state index contributed by atoms with van der Waals surface area (Å²) < 4.78 is 8.38. The number of imidazole rings is 1. The van der Waals surface area contributed by atoms with E-state index in [4.69, 9.17) is 4.74 Å². The van der Waals surface area contributed by atoms with E-state index in [2.05, 4.69) is 15.3 Å². The van der Waals surface area contributed by atoms with E-state index >= 15 is 0 Å². The van der Waals surface area contributed by atoms with E-state index in [0.29, 0.717) is 13.1 Å². The third kappa shape index (κ3) is 3.90. The molecule has 0 saturated heterocycles. The van der Waals surface area contributed by atoms with Crippen molar-refractivity contribution in [3.8, 4) is 5.75 Å². The van der Waals surface area contributed by atoms with Crippen LogP contribution in [-0.2, 0) is 11.3 Å². The molecule has 132 valence electrons. The number of ether oxygens (including phenoxy) is 1. The van der Waals surface area contributed by atoms with E-state index in [9.17, 15) is 4.79 Å². The number of methoxy groups -OCH3 is 1. The number of aryl methyl sites for hydroxylation is 1. The Kier molecular flexibility index (Phi) is 5.18. The number of hydrogen-bond acceptors (Lipinski definition) is 6. The van der Waals surface area contributed by atoms with E-state index in [1.54, 1.807) is 24.6 Å². The number of carbonyl (C=O) groups is 1. The molecule has 2 aromatic heterocycles. The van der Waals surface area contributed by atoms with Crippen LogP contribution in [0.2, 0.25) is 0 Å². The zero-order valence-electron chi connectivity index (χ0n) is 14.5. The van der Waals surface area contributed by atoms with E-state index < -0.39 is 0 Å². The topological polar surface area (TPSA) is 72.3 Å². The highest BCUT2D eigenvalue weighted by Crippen LogP contribution is 2.33. The minimum atomic E-state index is -0.0357. The molecular formula is C17H21N5O2S. The number of benzene rings is 1. The molecule has 0 spiro atoms. The number of likely N-dealkylation sites (N-methyl/N-ethyl adjacent to an activating group) is 1. The van der Waals surface area contributed by atoms with Gasteiger partial charge in [0.05, 0.1) is 18.4 Å². The molecule has 1 N–H and O–H groups in total. The van der Waals surface area contributed by atoms with Crippen LogP contribution in [0.4, 0.5) is 5.13 Å². The second-order valence-corrected chi connectivity index (χ2v) is 6.69. The molecule has 3 rings (SSSR count). The van der Waals surface area contributed by atoms with E-state index in [-0.39, 0.29) is 12.5 Å². The van der Waals surface area contributed by atoms with Gasteiger partial charge >= 0.3 is 0 Å². The first-order valence-electron chi connectivity index (χ1n) is 7.97. The largest absolute Gasteiger partial charge is 0.494 e. The molecule has 3 aromatic rings. The normalized spacial score (nSPS) is 10.8. The summed E-state index contributed by atoms with van der Waals surface area (Å²) in [6.45, 7) is 3.47. The van der Waals surface area contributed by atoms with Gasteiger partial charge < -0.3 is 19.5 Å². The van der Waals surface area contributed by atoms with Gasteiger partial charge in [0.15, 0.2) is 5.13 Å². The fourth-order valence-electron chi connectivity index (χ4n) is 2.53. The van der Waals surface area contributed by atoms with Gasteiger partial charge in [-0.15, -0.1) is 0 Å². The smallest absolute Gasteiger partial charge is 0.239 e. The van der Waals surface area contributed by atoms with Gasteiger partial charge in [0.1, 0.15) is 17.1 Å². The van der Waals surface area contributed by atoms with Crippen molar-refractivity contribution < 1.29 is 9.53 Å². The van der Waals surface area contributed by atoms with E-state index in [1.807, 2.05) is 47.8 Å². The third-order valence-corrected chi connectivity index (χ3v) is 5.03. The maximum atomic E-state index is 12.2. The van der Waals surface area contributed by atoms with Crippen molar-refractivity contribution in [2.75, 3.05) is 32.1 Å². The highest BCUT2D eigenvalue weighted by Gasteiger charge is 2.14. The van der Waals surface area contributed by atoms with Gasteiger partial charge in [0.2, 0.25) is 5.91 Å². The van der Waals surface area contributed by atoms with Crippen LogP contribution in [0.15, 0.2) is 30.6 Å². The van der Waals surface area contributed by atoms with Gasteiger partial charge in [-0.2, -0.15) is 0 Å². The number of aromatic nitrogens is 3. The zero-order chi connectivity index (χ0) is 17.8. The van der Waals surface area contributed by atoms with Crippen molar-refractivity contribution in [2.45, 2.75) is 13.5 Å². The first-order chi connectivity index (χ1) is 12.1. The lowest BCUT2D eigenvalue weighted by molar-refractivity contribution is -0.119. The highest BCUT2D eigenvalue weighted by molar-refractivity contribution is 7.22. The second kappa shape index (κ2) is 7.52. The number of rotatable bonds is 7. The van der Waals surface area contributed by atoms with Crippen LogP contribution in [0.1, 0.15) is 5.82 Å². The Hall–Kier alpha value is -2.61. The number of nitrogens with one attached hydrogen (secondary N) is 1. The fraction of sp³-hybridized carbons (Fsp3) is 0.353. The molecule has 1 aromatic carbocycles. The zero-order valence-corrected chi connectivity index (χ0v) is 15.3. The van der Waals surface area contributed by atoms with Crippen molar-refractivity contribution in [1.29, 1.82) is 0 Å². The number of fused-ring (bicyclic) bond motifs is 1. The lowest BCUT2D eigenvalue weighted by atomic mass is 10.3. The molecule has 0 fully saturated rings. The van der Waals surface area contributed by atoms with Crippen molar-refractivity contribution in [3.05, 3.63) is 36.4 Å². The van der Waals surface area contributed by atoms with Crippen molar-refractivity contribution in [1.82, 2.24) is 19.9 Å². The van der Waals surface area contributed by atoms with Gasteiger partial charge in [-0.1, -0.05) is 17.4 Å². The quantitative estimate of drug-likeness (QED) is 0.699. The molecule has 0 saturated carbocycles. The molecule has 8 heteroatoms. The van der Waals surface area contributed by atoms with Crippen LogP contribution >= 0.6 is 11.3 Å². The van der Waals surface area contributed by atoms with Crippen LogP contribution in [0.25, 0.3) is 10.2 Å². The van der Waals surface area contributed by atoms with E-state index in [1.165, 1.54) is 0 Å². The summed E-state index contributed by atoms with van der Waals surface area (Å²) in [6.07, 6.45) is 3.66. The molecule has 0 aliphatic heterocycles. The Morgan fingerprint density at radius 2 is 2.28 bits per heavy atom. The number of nitrogens with zero attached hydrogens (tertiary/aromatic N) is 4. The van der Waals surface area contributed by atoms with Crippen LogP contribution in [0.3, 0.4) is 0 Å². The van der Waals surface area contributed by atoms with E-state index in [0.717, 1.165) is 26.9 Å². The molecule has 25 heavy (non-hydrogen) atoms. The number of anilines is 1.